The second-order valence-electron chi connectivity index (χ2n) is 13.6. The molecule has 0 bridgehead atoms. The number of imidazole rings is 1. The lowest BCUT2D eigenvalue weighted by Crippen LogP contribution is -2.38. The normalized spacial score (nSPS) is 25.8. The zero-order valence-electron chi connectivity index (χ0n) is 30.0. The zero-order chi connectivity index (χ0) is 37.5. The lowest BCUT2D eigenvalue weighted by atomic mass is 9.98. The van der Waals surface area contributed by atoms with E-state index in [1.165, 1.54) is 30.5 Å². The van der Waals surface area contributed by atoms with Gasteiger partial charge in [-0.1, -0.05) is 33.1 Å². The van der Waals surface area contributed by atoms with Crippen molar-refractivity contribution in [1.82, 2.24) is 39.8 Å². The summed E-state index contributed by atoms with van der Waals surface area (Å²) in [5.41, 5.74) is 6.15. The first-order valence-electron chi connectivity index (χ1n) is 17.2. The van der Waals surface area contributed by atoms with Gasteiger partial charge in [0.25, 0.3) is 0 Å². The lowest BCUT2D eigenvalue weighted by molar-refractivity contribution is -0.119. The average molecular weight is 754 g/mol. The maximum atomic E-state index is 12.4. The van der Waals surface area contributed by atoms with E-state index in [0.29, 0.717) is 12.8 Å². The Hall–Kier alpha value is -3.25. The van der Waals surface area contributed by atoms with Gasteiger partial charge in [0.2, 0.25) is 11.7 Å². The number of anilines is 1. The summed E-state index contributed by atoms with van der Waals surface area (Å²) in [5.74, 6) is 6.16. The van der Waals surface area contributed by atoms with Crippen LogP contribution in [-0.2, 0) is 24.0 Å². The van der Waals surface area contributed by atoms with Gasteiger partial charge in [0.15, 0.2) is 17.7 Å². The Labute approximate surface area is 303 Å². The summed E-state index contributed by atoms with van der Waals surface area (Å²) in [7, 11) is -4.52. The number of hydrogen-bond donors (Lipinski definition) is 6. The number of aliphatic hydroxyl groups excluding tert-OH is 2. The molecular formula is C32H51N9O8S2. The highest BCUT2D eigenvalue weighted by molar-refractivity contribution is 8.00. The third-order valence-corrected chi connectivity index (χ3v) is 11.1. The number of aromatic nitrogens is 4. The molecule has 0 spiro atoms. The number of nitrogens with one attached hydrogen (secondary N) is 3. The molecule has 2 aromatic rings. The van der Waals surface area contributed by atoms with Crippen LogP contribution in [0.25, 0.3) is 11.2 Å². The van der Waals surface area contributed by atoms with E-state index in [1.807, 2.05) is 25.5 Å². The smallest absolute Gasteiger partial charge is 0.362 e. The maximum absolute atomic E-state index is 12.4. The molecule has 51 heavy (non-hydrogen) atoms. The van der Waals surface area contributed by atoms with Crippen molar-refractivity contribution < 1.29 is 37.1 Å². The Morgan fingerprint density at radius 1 is 1.18 bits per heavy atom. The number of ether oxygens (including phenoxy) is 1. The van der Waals surface area contributed by atoms with Crippen LogP contribution in [-0.4, -0.2) is 123 Å². The number of nitrogens with zero attached hydrogens (tertiary/aromatic N) is 5. The first kappa shape index (κ1) is 40.5. The third-order valence-electron chi connectivity index (χ3n) is 8.66. The minimum absolute atomic E-state index is 0.0389. The van der Waals surface area contributed by atoms with Crippen molar-refractivity contribution in [2.24, 2.45) is 5.41 Å². The van der Waals surface area contributed by atoms with Crippen LogP contribution in [0.15, 0.2) is 6.33 Å². The predicted molar refractivity (Wildman–Crippen MR) is 192 cm³/mol. The molecule has 3 fully saturated rings. The fraction of sp³-hybridized carbons (Fsp3) is 0.719. The Bertz CT molecular complexity index is 1680. The Kier molecular flexibility index (Phi) is 13.9. The summed E-state index contributed by atoms with van der Waals surface area (Å²) in [5, 5.41) is 27.3. The van der Waals surface area contributed by atoms with E-state index in [0.717, 1.165) is 12.2 Å². The number of carbonyl (C=O) groups is 2. The van der Waals surface area contributed by atoms with Crippen LogP contribution in [0.1, 0.15) is 79.3 Å². The number of fused-ring (bicyclic) bond motifs is 2. The van der Waals surface area contributed by atoms with Crippen molar-refractivity contribution in [3.05, 3.63) is 12.2 Å². The highest BCUT2D eigenvalue weighted by atomic mass is 32.2. The maximum Gasteiger partial charge on any atom is 0.362 e. The van der Waals surface area contributed by atoms with E-state index < -0.39 is 47.4 Å². The van der Waals surface area contributed by atoms with E-state index in [1.54, 1.807) is 11.8 Å². The fourth-order valence-electron chi connectivity index (χ4n) is 5.84. The predicted octanol–water partition coefficient (Wildman–Crippen LogP) is 0.877. The molecular weight excluding hydrogens is 703 g/mol. The number of aliphatic hydroxyl groups is 2. The molecule has 5 heterocycles. The molecule has 3 amide bonds. The van der Waals surface area contributed by atoms with Gasteiger partial charge in [-0.15, -0.1) is 0 Å². The number of urea groups is 1. The molecule has 0 aromatic carbocycles. The highest BCUT2D eigenvalue weighted by Crippen LogP contribution is 2.34. The molecule has 2 aromatic heterocycles. The Morgan fingerprint density at radius 3 is 2.53 bits per heavy atom. The second kappa shape index (κ2) is 17.5. The number of hydrogen-bond acceptors (Lipinski definition) is 14. The lowest BCUT2D eigenvalue weighted by Gasteiger charge is -2.17. The number of unbranched alkanes of at least 4 members (excludes halogenated alkanes) is 1. The van der Waals surface area contributed by atoms with E-state index in [4.69, 9.17) is 14.7 Å². The van der Waals surface area contributed by atoms with E-state index in [9.17, 15) is 28.2 Å². The topological polar surface area (TPSA) is 236 Å². The van der Waals surface area contributed by atoms with Gasteiger partial charge < -0.3 is 36.2 Å². The molecule has 7 N–H and O–H groups in total. The average Bonchev–Trinajstić information content (AvgIpc) is 3.82. The van der Waals surface area contributed by atoms with Gasteiger partial charge in [0.1, 0.15) is 23.8 Å². The first-order chi connectivity index (χ1) is 24.1. The summed E-state index contributed by atoms with van der Waals surface area (Å²) in [6.07, 6.45) is -2.33. The van der Waals surface area contributed by atoms with Crippen molar-refractivity contribution in [2.75, 3.05) is 37.7 Å². The van der Waals surface area contributed by atoms with Gasteiger partial charge in [-0.05, 0) is 59.2 Å². The second-order valence-corrected chi connectivity index (χ2v) is 16.2. The molecule has 17 nitrogen and oxygen atoms in total. The Balaban J connectivity index is 0.000000755. The quantitative estimate of drug-likeness (QED) is 0.0947. The fourth-order valence-corrected chi connectivity index (χ4v) is 8.14. The molecule has 3 aliphatic heterocycles. The Morgan fingerprint density at radius 2 is 1.88 bits per heavy atom. The number of nitrogens with two attached hydrogens (primary N) is 1. The van der Waals surface area contributed by atoms with Crippen molar-refractivity contribution in [3.8, 4) is 11.8 Å². The first-order valence-corrected chi connectivity index (χ1v) is 19.7. The molecule has 3 saturated heterocycles. The molecule has 19 heteroatoms. The van der Waals surface area contributed by atoms with Crippen LogP contribution in [0, 0.1) is 17.3 Å². The van der Waals surface area contributed by atoms with E-state index in [-0.39, 0.29) is 58.0 Å². The third kappa shape index (κ3) is 10.9. The van der Waals surface area contributed by atoms with Gasteiger partial charge in [-0.2, -0.15) is 20.2 Å². The number of nitrogen functional groups attached to an aromatic ring is 1. The molecule has 284 valence electrons. The van der Waals surface area contributed by atoms with Crippen LogP contribution in [0.4, 0.5) is 10.6 Å². The van der Waals surface area contributed by atoms with Crippen LogP contribution in [0.5, 0.6) is 0 Å². The van der Waals surface area contributed by atoms with Gasteiger partial charge in [0, 0.05) is 22.8 Å². The number of amides is 3. The van der Waals surface area contributed by atoms with Gasteiger partial charge in [-0.25, -0.2) is 24.5 Å². The molecule has 0 saturated carbocycles. The molecule has 0 unspecified atom stereocenters. The molecule has 0 radical (unpaired) electrons. The molecule has 7 atom stereocenters. The molecule has 5 rings (SSSR count). The number of thioether (sulfide) groups is 1. The summed E-state index contributed by atoms with van der Waals surface area (Å²) in [6, 6.07) is 0.00636. The SMILES string of the molecule is CC(C)(C)C#Cc1nc(N)c2ncn([C@@H]3O[C@H](COS(=O)(=O)NC(=O)CCCC[C@@H]4SC[C@@H]5NC(=O)N[C@@H]54)[C@@H](O)[C@H]3O)c2n1.CCN(CC)CC. The number of carbonyl (C=O) groups excluding carboxylic acids is 2. The molecule has 0 aliphatic carbocycles. The summed E-state index contributed by atoms with van der Waals surface area (Å²) in [6.45, 7) is 15.2. The van der Waals surface area contributed by atoms with Crippen molar-refractivity contribution in [1.29, 1.82) is 0 Å². The van der Waals surface area contributed by atoms with Crippen LogP contribution in [0.2, 0.25) is 0 Å². The zero-order valence-corrected chi connectivity index (χ0v) is 31.6. The highest BCUT2D eigenvalue weighted by Gasteiger charge is 2.45. The van der Waals surface area contributed by atoms with Crippen LogP contribution < -0.4 is 21.1 Å². The van der Waals surface area contributed by atoms with Crippen molar-refractivity contribution in [2.45, 2.75) is 109 Å². The summed E-state index contributed by atoms with van der Waals surface area (Å²) < 4.78 is 38.7. The number of rotatable bonds is 13. The minimum Gasteiger partial charge on any atom is -0.387 e. The van der Waals surface area contributed by atoms with E-state index in [2.05, 4.69) is 63.1 Å². The summed E-state index contributed by atoms with van der Waals surface area (Å²) >= 11 is 1.76. The molecule has 3 aliphatic rings. The minimum atomic E-state index is -4.52. The monoisotopic (exact) mass is 753 g/mol. The largest absolute Gasteiger partial charge is 0.387 e. The van der Waals surface area contributed by atoms with Crippen LogP contribution in [0.3, 0.4) is 0 Å². The van der Waals surface area contributed by atoms with Gasteiger partial charge in [-0.3, -0.25) is 13.5 Å². The summed E-state index contributed by atoms with van der Waals surface area (Å²) in [4.78, 5) is 38.9. The van der Waals surface area contributed by atoms with Crippen LogP contribution >= 0.6 is 11.8 Å². The van der Waals surface area contributed by atoms with Gasteiger partial charge >= 0.3 is 16.3 Å². The van der Waals surface area contributed by atoms with E-state index >= 15 is 0 Å². The van der Waals surface area contributed by atoms with Crippen molar-refractivity contribution in [3.63, 3.8) is 0 Å². The standard InChI is InChI=1S/C26H36N8O8S2.C6H15N/c1-26(2,3)9-8-16-30-22(27)19-23(31-16)34(12-28-19)24-21(37)20(36)14(42-24)10-41-44(39,40)33-17(35)7-5-4-6-15-18-13(11-43-15)29-25(38)32-18;1-4-7(5-2)6-3/h12-15,18,20-21,24,36-37H,4-7,10-11H2,1-3H3,(H,33,35)(H2,27,30,31)(H2,29,32,38);4-6H2,1-3H3/t13-,14+,15-,18-,20+,21+,24+;/m0./s1. The van der Waals surface area contributed by atoms with Gasteiger partial charge in [0.05, 0.1) is 25.0 Å². The van der Waals surface area contributed by atoms with Crippen molar-refractivity contribution >= 4 is 51.0 Å².